The van der Waals surface area contributed by atoms with Gasteiger partial charge >= 0.3 is 5.97 Å². The number of rotatable bonds is 6. The summed E-state index contributed by atoms with van der Waals surface area (Å²) in [6.07, 6.45) is 3.01. The van der Waals surface area contributed by atoms with Crippen LogP contribution in [-0.2, 0) is 9.53 Å². The SMILES string of the molecule is CCOC(=O)/C=C/c1ccc(NC(=O)c2cc3cccc(OC)c3o2)cc1. The summed E-state index contributed by atoms with van der Waals surface area (Å²) in [5.41, 5.74) is 1.96. The Hall–Kier alpha value is -3.54. The molecule has 27 heavy (non-hydrogen) atoms. The quantitative estimate of drug-likeness (QED) is 0.521. The first-order valence-corrected chi connectivity index (χ1v) is 8.43. The van der Waals surface area contributed by atoms with Crippen molar-refractivity contribution in [2.75, 3.05) is 19.0 Å². The maximum Gasteiger partial charge on any atom is 0.330 e. The van der Waals surface area contributed by atoms with Gasteiger partial charge in [-0.3, -0.25) is 4.79 Å². The van der Waals surface area contributed by atoms with E-state index in [2.05, 4.69) is 5.32 Å². The lowest BCUT2D eigenvalue weighted by molar-refractivity contribution is -0.137. The highest BCUT2D eigenvalue weighted by molar-refractivity contribution is 6.05. The molecule has 6 nitrogen and oxygen atoms in total. The molecule has 0 spiro atoms. The summed E-state index contributed by atoms with van der Waals surface area (Å²) in [5, 5.41) is 3.57. The lowest BCUT2D eigenvalue weighted by Crippen LogP contribution is -2.10. The normalized spacial score (nSPS) is 10.9. The highest BCUT2D eigenvalue weighted by Crippen LogP contribution is 2.28. The molecule has 1 N–H and O–H groups in total. The fourth-order valence-electron chi connectivity index (χ4n) is 2.53. The summed E-state index contributed by atoms with van der Waals surface area (Å²) in [6, 6.07) is 14.2. The van der Waals surface area contributed by atoms with E-state index in [4.69, 9.17) is 13.9 Å². The number of fused-ring (bicyclic) bond motifs is 1. The second-order valence-corrected chi connectivity index (χ2v) is 5.65. The fraction of sp³-hybridized carbons (Fsp3) is 0.143. The van der Waals surface area contributed by atoms with Gasteiger partial charge in [-0.1, -0.05) is 24.3 Å². The van der Waals surface area contributed by atoms with Gasteiger partial charge in [0, 0.05) is 17.1 Å². The Balaban J connectivity index is 1.70. The number of esters is 1. The van der Waals surface area contributed by atoms with Gasteiger partial charge in [0.05, 0.1) is 13.7 Å². The molecular formula is C21H19NO5. The summed E-state index contributed by atoms with van der Waals surface area (Å²) in [7, 11) is 1.55. The minimum Gasteiger partial charge on any atom is -0.493 e. The van der Waals surface area contributed by atoms with Crippen LogP contribution in [0.3, 0.4) is 0 Å². The van der Waals surface area contributed by atoms with Gasteiger partial charge in [0.25, 0.3) is 5.91 Å². The first-order valence-electron chi connectivity index (χ1n) is 8.43. The zero-order chi connectivity index (χ0) is 19.2. The van der Waals surface area contributed by atoms with Crippen LogP contribution in [0, 0.1) is 0 Å². The number of methoxy groups -OCH3 is 1. The van der Waals surface area contributed by atoms with Crippen molar-refractivity contribution in [3.63, 3.8) is 0 Å². The summed E-state index contributed by atoms with van der Waals surface area (Å²) in [5.74, 6) is 0.0170. The Kier molecular flexibility index (Phi) is 5.56. The van der Waals surface area contributed by atoms with Crippen LogP contribution in [0.25, 0.3) is 17.0 Å². The minimum atomic E-state index is -0.393. The zero-order valence-electron chi connectivity index (χ0n) is 15.0. The van der Waals surface area contributed by atoms with Crippen molar-refractivity contribution in [2.24, 2.45) is 0 Å². The Morgan fingerprint density at radius 3 is 2.63 bits per heavy atom. The Labute approximate surface area is 156 Å². The van der Waals surface area contributed by atoms with Crippen molar-refractivity contribution in [3.05, 3.63) is 65.9 Å². The number of hydrogen-bond donors (Lipinski definition) is 1. The summed E-state index contributed by atoms with van der Waals surface area (Å²) >= 11 is 0. The summed E-state index contributed by atoms with van der Waals surface area (Å²) in [4.78, 5) is 23.8. The predicted octanol–water partition coefficient (Wildman–Crippen LogP) is 4.27. The van der Waals surface area contributed by atoms with Gasteiger partial charge in [0.15, 0.2) is 17.1 Å². The zero-order valence-corrected chi connectivity index (χ0v) is 15.0. The molecule has 3 aromatic rings. The van der Waals surface area contributed by atoms with E-state index in [9.17, 15) is 9.59 Å². The monoisotopic (exact) mass is 365 g/mol. The smallest absolute Gasteiger partial charge is 0.330 e. The van der Waals surface area contributed by atoms with Crippen LogP contribution in [0.5, 0.6) is 5.75 Å². The maximum absolute atomic E-state index is 12.4. The van der Waals surface area contributed by atoms with Gasteiger partial charge in [-0.25, -0.2) is 4.79 Å². The third-order valence-corrected chi connectivity index (χ3v) is 3.82. The first-order chi connectivity index (χ1) is 13.1. The first kappa shape index (κ1) is 18.3. The van der Waals surface area contributed by atoms with Crippen LogP contribution < -0.4 is 10.1 Å². The van der Waals surface area contributed by atoms with E-state index in [1.165, 1.54) is 6.08 Å². The molecule has 0 unspecified atom stereocenters. The maximum atomic E-state index is 12.4. The number of carbonyl (C=O) groups excluding carboxylic acids is 2. The van der Waals surface area contributed by atoms with Gasteiger partial charge in [-0.15, -0.1) is 0 Å². The second kappa shape index (κ2) is 8.23. The molecule has 1 amide bonds. The highest BCUT2D eigenvalue weighted by Gasteiger charge is 2.14. The van der Waals surface area contributed by atoms with E-state index in [0.717, 1.165) is 10.9 Å². The van der Waals surface area contributed by atoms with Gasteiger partial charge in [-0.2, -0.15) is 0 Å². The molecule has 1 aromatic heterocycles. The number of benzene rings is 2. The molecule has 0 aliphatic heterocycles. The molecular weight excluding hydrogens is 346 g/mol. The average Bonchev–Trinajstić information content (AvgIpc) is 3.12. The van der Waals surface area contributed by atoms with Crippen LogP contribution in [0.2, 0.25) is 0 Å². The number of hydrogen-bond acceptors (Lipinski definition) is 5. The van der Waals surface area contributed by atoms with Gasteiger partial charge < -0.3 is 19.2 Å². The molecule has 0 saturated heterocycles. The molecule has 3 rings (SSSR count). The fourth-order valence-corrected chi connectivity index (χ4v) is 2.53. The lowest BCUT2D eigenvalue weighted by Gasteiger charge is -2.03. The molecule has 0 radical (unpaired) electrons. The molecule has 2 aromatic carbocycles. The Morgan fingerprint density at radius 2 is 1.93 bits per heavy atom. The largest absolute Gasteiger partial charge is 0.493 e. The van der Waals surface area contributed by atoms with Crippen LogP contribution in [0.4, 0.5) is 5.69 Å². The van der Waals surface area contributed by atoms with E-state index < -0.39 is 5.97 Å². The second-order valence-electron chi connectivity index (χ2n) is 5.65. The number of para-hydroxylation sites is 1. The van der Waals surface area contributed by atoms with Crippen molar-refractivity contribution in [2.45, 2.75) is 6.92 Å². The molecule has 138 valence electrons. The van der Waals surface area contributed by atoms with Crippen molar-refractivity contribution in [1.82, 2.24) is 0 Å². The number of carbonyl (C=O) groups is 2. The standard InChI is InChI=1S/C21H19NO5/c1-3-26-19(23)12-9-14-7-10-16(11-8-14)22-21(24)18-13-15-5-4-6-17(25-2)20(15)27-18/h4-13H,3H2,1-2H3,(H,22,24)/b12-9+. The Bertz CT molecular complexity index is 985. The molecule has 0 bridgehead atoms. The molecule has 0 fully saturated rings. The molecule has 0 aliphatic carbocycles. The average molecular weight is 365 g/mol. The van der Waals surface area contributed by atoms with Gasteiger partial charge in [0.1, 0.15) is 0 Å². The molecule has 1 heterocycles. The van der Waals surface area contributed by atoms with Crippen LogP contribution in [0.15, 0.2) is 59.0 Å². The third-order valence-electron chi connectivity index (χ3n) is 3.82. The highest BCUT2D eigenvalue weighted by atomic mass is 16.5. The molecule has 0 saturated carbocycles. The Morgan fingerprint density at radius 1 is 1.15 bits per heavy atom. The number of nitrogens with one attached hydrogen (secondary N) is 1. The van der Waals surface area contributed by atoms with E-state index in [-0.39, 0.29) is 11.7 Å². The molecule has 6 heteroatoms. The van der Waals surface area contributed by atoms with E-state index in [1.807, 2.05) is 12.1 Å². The van der Waals surface area contributed by atoms with Crippen LogP contribution in [-0.4, -0.2) is 25.6 Å². The summed E-state index contributed by atoms with van der Waals surface area (Å²) in [6.45, 7) is 2.09. The predicted molar refractivity (Wildman–Crippen MR) is 103 cm³/mol. The van der Waals surface area contributed by atoms with Gasteiger partial charge in [-0.05, 0) is 42.8 Å². The topological polar surface area (TPSA) is 77.8 Å². The van der Waals surface area contributed by atoms with Crippen LogP contribution in [0.1, 0.15) is 23.0 Å². The van der Waals surface area contributed by atoms with Crippen molar-refractivity contribution < 1.29 is 23.5 Å². The summed E-state index contributed by atoms with van der Waals surface area (Å²) < 4.78 is 15.7. The van der Waals surface area contributed by atoms with Crippen molar-refractivity contribution >= 4 is 34.6 Å². The van der Waals surface area contributed by atoms with Crippen molar-refractivity contribution in [3.8, 4) is 5.75 Å². The number of anilines is 1. The van der Waals surface area contributed by atoms with E-state index >= 15 is 0 Å². The van der Waals surface area contributed by atoms with Gasteiger partial charge in [0.2, 0.25) is 0 Å². The minimum absolute atomic E-state index is 0.195. The van der Waals surface area contributed by atoms with E-state index in [0.29, 0.717) is 23.6 Å². The van der Waals surface area contributed by atoms with Crippen LogP contribution >= 0.6 is 0 Å². The number of amides is 1. The number of ether oxygens (including phenoxy) is 2. The van der Waals surface area contributed by atoms with Crippen molar-refractivity contribution in [1.29, 1.82) is 0 Å². The number of furan rings is 1. The molecule has 0 atom stereocenters. The lowest BCUT2D eigenvalue weighted by atomic mass is 10.2. The third kappa shape index (κ3) is 4.36. The molecule has 0 aliphatic rings. The van der Waals surface area contributed by atoms with E-state index in [1.54, 1.807) is 56.5 Å².